The van der Waals surface area contributed by atoms with Gasteiger partial charge in [-0.25, -0.2) is 0 Å². The van der Waals surface area contributed by atoms with Crippen LogP contribution < -0.4 is 9.47 Å². The molecular weight excluding hydrogens is 262 g/mol. The standard InChI is InChI=1S/C14H15NO5/c1-15-12(16)5-3-9(14(17)18)13(15)8-2-4-10-11(6-8)20-7-19-10/h2,4,6,9,13H,3,5,7H2,1H3,(H,17,18)/t9-,13-/m0/s1. The van der Waals surface area contributed by atoms with Crippen LogP contribution in [0.2, 0.25) is 0 Å². The van der Waals surface area contributed by atoms with Crippen molar-refractivity contribution in [2.24, 2.45) is 5.92 Å². The third-order valence-electron chi connectivity index (χ3n) is 3.92. The maximum Gasteiger partial charge on any atom is 0.308 e. The molecule has 1 aromatic rings. The Morgan fingerprint density at radius 2 is 2.10 bits per heavy atom. The van der Waals surface area contributed by atoms with Gasteiger partial charge in [-0.2, -0.15) is 0 Å². The van der Waals surface area contributed by atoms with Crippen molar-refractivity contribution < 1.29 is 24.2 Å². The highest BCUT2D eigenvalue weighted by Crippen LogP contribution is 2.40. The van der Waals surface area contributed by atoms with Crippen LogP contribution in [0.1, 0.15) is 24.4 Å². The molecule has 1 fully saturated rings. The van der Waals surface area contributed by atoms with Crippen LogP contribution in [-0.2, 0) is 9.59 Å². The van der Waals surface area contributed by atoms with E-state index in [2.05, 4.69) is 0 Å². The Kier molecular flexibility index (Phi) is 3.00. The molecule has 0 saturated carbocycles. The van der Waals surface area contributed by atoms with Gasteiger partial charge in [0.25, 0.3) is 0 Å². The molecule has 0 bridgehead atoms. The molecule has 0 radical (unpaired) electrons. The number of amides is 1. The van der Waals surface area contributed by atoms with Crippen LogP contribution in [0.5, 0.6) is 11.5 Å². The second kappa shape index (κ2) is 4.70. The minimum atomic E-state index is -0.882. The Morgan fingerprint density at radius 3 is 2.85 bits per heavy atom. The molecule has 106 valence electrons. The fourth-order valence-corrected chi connectivity index (χ4v) is 2.85. The first-order valence-electron chi connectivity index (χ1n) is 6.46. The van der Waals surface area contributed by atoms with Gasteiger partial charge in [0.1, 0.15) is 0 Å². The highest BCUT2D eigenvalue weighted by atomic mass is 16.7. The van der Waals surface area contributed by atoms with E-state index in [0.29, 0.717) is 17.9 Å². The van der Waals surface area contributed by atoms with E-state index in [1.807, 2.05) is 0 Å². The molecule has 2 aliphatic heterocycles. The third-order valence-corrected chi connectivity index (χ3v) is 3.92. The number of carbonyl (C=O) groups is 2. The number of piperidine rings is 1. The Labute approximate surface area is 115 Å². The lowest BCUT2D eigenvalue weighted by molar-refractivity contribution is -0.150. The number of rotatable bonds is 2. The van der Waals surface area contributed by atoms with Crippen molar-refractivity contribution in [1.82, 2.24) is 4.90 Å². The smallest absolute Gasteiger partial charge is 0.308 e. The predicted octanol–water partition coefficient (Wildman–Crippen LogP) is 1.41. The average Bonchev–Trinajstić information content (AvgIpc) is 2.88. The summed E-state index contributed by atoms with van der Waals surface area (Å²) in [4.78, 5) is 24.8. The zero-order valence-corrected chi connectivity index (χ0v) is 11.0. The summed E-state index contributed by atoms with van der Waals surface area (Å²) in [5.74, 6) is -0.279. The van der Waals surface area contributed by atoms with E-state index in [-0.39, 0.29) is 19.1 Å². The van der Waals surface area contributed by atoms with Crippen molar-refractivity contribution in [3.63, 3.8) is 0 Å². The van der Waals surface area contributed by atoms with Gasteiger partial charge in [0, 0.05) is 13.5 Å². The molecule has 20 heavy (non-hydrogen) atoms. The topological polar surface area (TPSA) is 76.1 Å². The van der Waals surface area contributed by atoms with Crippen LogP contribution in [-0.4, -0.2) is 35.7 Å². The maximum absolute atomic E-state index is 11.9. The van der Waals surface area contributed by atoms with Crippen molar-refractivity contribution in [1.29, 1.82) is 0 Å². The van der Waals surface area contributed by atoms with Gasteiger partial charge in [0.2, 0.25) is 12.7 Å². The summed E-state index contributed by atoms with van der Waals surface area (Å²) >= 11 is 0. The molecule has 2 heterocycles. The van der Waals surface area contributed by atoms with Crippen LogP contribution in [0.15, 0.2) is 18.2 Å². The quantitative estimate of drug-likeness (QED) is 0.884. The van der Waals surface area contributed by atoms with Gasteiger partial charge < -0.3 is 19.5 Å². The number of carbonyl (C=O) groups excluding carboxylic acids is 1. The number of hydrogen-bond acceptors (Lipinski definition) is 4. The van der Waals surface area contributed by atoms with Crippen molar-refractivity contribution in [2.75, 3.05) is 13.8 Å². The summed E-state index contributed by atoms with van der Waals surface area (Å²) in [6, 6.07) is 4.84. The highest BCUT2D eigenvalue weighted by Gasteiger charge is 2.39. The molecule has 0 aromatic heterocycles. The highest BCUT2D eigenvalue weighted by molar-refractivity contribution is 5.81. The summed E-state index contributed by atoms with van der Waals surface area (Å²) < 4.78 is 10.6. The molecule has 6 heteroatoms. The van der Waals surface area contributed by atoms with Gasteiger partial charge in [-0.3, -0.25) is 9.59 Å². The molecule has 1 aromatic carbocycles. The summed E-state index contributed by atoms with van der Waals surface area (Å²) in [5, 5.41) is 9.37. The van der Waals surface area contributed by atoms with Crippen molar-refractivity contribution in [3.05, 3.63) is 23.8 Å². The monoisotopic (exact) mass is 277 g/mol. The van der Waals surface area contributed by atoms with Crippen molar-refractivity contribution in [3.8, 4) is 11.5 Å². The number of benzene rings is 1. The van der Waals surface area contributed by atoms with E-state index < -0.39 is 17.9 Å². The molecule has 6 nitrogen and oxygen atoms in total. The third kappa shape index (κ3) is 1.97. The molecule has 1 N–H and O–H groups in total. The molecule has 2 atom stereocenters. The number of nitrogens with zero attached hydrogens (tertiary/aromatic N) is 1. The Balaban J connectivity index is 1.99. The van der Waals surface area contributed by atoms with E-state index in [1.54, 1.807) is 25.2 Å². The first-order chi connectivity index (χ1) is 9.58. The normalized spacial score (nSPS) is 24.9. The lowest BCUT2D eigenvalue weighted by atomic mass is 9.84. The lowest BCUT2D eigenvalue weighted by Gasteiger charge is -2.37. The first-order valence-corrected chi connectivity index (χ1v) is 6.46. The summed E-state index contributed by atoms with van der Waals surface area (Å²) in [7, 11) is 1.65. The molecule has 0 unspecified atom stereocenters. The number of likely N-dealkylation sites (tertiary alicyclic amines) is 1. The summed E-state index contributed by atoms with van der Waals surface area (Å²) in [6.45, 7) is 0.167. The lowest BCUT2D eigenvalue weighted by Crippen LogP contribution is -2.42. The van der Waals surface area contributed by atoms with E-state index >= 15 is 0 Å². The van der Waals surface area contributed by atoms with Gasteiger partial charge in [0.15, 0.2) is 11.5 Å². The molecule has 1 amide bonds. The largest absolute Gasteiger partial charge is 0.481 e. The molecule has 0 aliphatic carbocycles. The molecule has 3 rings (SSSR count). The number of aliphatic carboxylic acids is 1. The predicted molar refractivity (Wildman–Crippen MR) is 68.4 cm³/mol. The van der Waals surface area contributed by atoms with Gasteiger partial charge in [-0.05, 0) is 24.1 Å². The molecule has 1 saturated heterocycles. The number of fused-ring (bicyclic) bond motifs is 1. The fraction of sp³-hybridized carbons (Fsp3) is 0.429. The fourth-order valence-electron chi connectivity index (χ4n) is 2.85. The van der Waals surface area contributed by atoms with Gasteiger partial charge >= 0.3 is 5.97 Å². The van der Waals surface area contributed by atoms with Crippen LogP contribution in [0, 0.1) is 5.92 Å². The Bertz CT molecular complexity index is 571. The molecule has 2 aliphatic rings. The number of carboxylic acid groups (broad SMARTS) is 1. The number of hydrogen-bond donors (Lipinski definition) is 1. The van der Waals surface area contributed by atoms with E-state index in [4.69, 9.17) is 9.47 Å². The number of carboxylic acids is 1. The minimum absolute atomic E-state index is 0.0369. The van der Waals surface area contributed by atoms with E-state index in [0.717, 1.165) is 5.56 Å². The SMILES string of the molecule is CN1C(=O)CC[C@H](C(=O)O)[C@@H]1c1ccc2c(c1)OCO2. The van der Waals surface area contributed by atoms with E-state index in [1.165, 1.54) is 4.90 Å². The van der Waals surface area contributed by atoms with Gasteiger partial charge in [-0.15, -0.1) is 0 Å². The zero-order valence-electron chi connectivity index (χ0n) is 11.0. The van der Waals surface area contributed by atoms with Crippen LogP contribution in [0.3, 0.4) is 0 Å². The first kappa shape index (κ1) is 12.8. The van der Waals surface area contributed by atoms with Gasteiger partial charge in [0.05, 0.1) is 12.0 Å². The second-order valence-corrected chi connectivity index (χ2v) is 5.05. The Hall–Kier alpha value is -2.24. The van der Waals surface area contributed by atoms with Crippen molar-refractivity contribution in [2.45, 2.75) is 18.9 Å². The summed E-state index contributed by atoms with van der Waals surface area (Å²) in [6.07, 6.45) is 0.631. The molecule has 0 spiro atoms. The second-order valence-electron chi connectivity index (χ2n) is 5.05. The van der Waals surface area contributed by atoms with E-state index in [9.17, 15) is 14.7 Å². The number of ether oxygens (including phenoxy) is 2. The van der Waals surface area contributed by atoms with Crippen LogP contribution in [0.4, 0.5) is 0 Å². The van der Waals surface area contributed by atoms with Crippen LogP contribution >= 0.6 is 0 Å². The van der Waals surface area contributed by atoms with Crippen molar-refractivity contribution >= 4 is 11.9 Å². The summed E-state index contributed by atoms with van der Waals surface area (Å²) in [5.41, 5.74) is 0.761. The maximum atomic E-state index is 11.9. The van der Waals surface area contributed by atoms with Crippen LogP contribution in [0.25, 0.3) is 0 Å². The average molecular weight is 277 g/mol. The minimum Gasteiger partial charge on any atom is -0.481 e. The van der Waals surface area contributed by atoms with Gasteiger partial charge in [-0.1, -0.05) is 6.07 Å². The Morgan fingerprint density at radius 1 is 1.35 bits per heavy atom. The molecular formula is C14H15NO5. The zero-order chi connectivity index (χ0) is 14.3.